The molecule has 0 bridgehead atoms. The summed E-state index contributed by atoms with van der Waals surface area (Å²) in [5.74, 6) is -0.261. The van der Waals surface area contributed by atoms with Gasteiger partial charge in [0.15, 0.2) is 0 Å². The van der Waals surface area contributed by atoms with Gasteiger partial charge in [0, 0.05) is 6.61 Å². The highest BCUT2D eigenvalue weighted by Gasteiger charge is 2.17. The van der Waals surface area contributed by atoms with Gasteiger partial charge in [0.25, 0.3) is 0 Å². The summed E-state index contributed by atoms with van der Waals surface area (Å²) in [5.41, 5.74) is 0. The van der Waals surface area contributed by atoms with Crippen LogP contribution in [0.1, 0.15) is 26.7 Å². The molecule has 0 aromatic rings. The highest BCUT2D eigenvalue weighted by atomic mass is 16.5. The first-order valence-corrected chi connectivity index (χ1v) is 5.15. The molecule has 0 aliphatic heterocycles. The summed E-state index contributed by atoms with van der Waals surface area (Å²) in [6.07, 6.45) is 2.13. The Hall–Kier alpha value is -0.610. The predicted molar refractivity (Wildman–Crippen MR) is 55.2 cm³/mol. The molecule has 1 atom stereocenters. The fourth-order valence-corrected chi connectivity index (χ4v) is 1.05. The number of rotatable bonds is 8. The minimum atomic E-state index is -0.332. The van der Waals surface area contributed by atoms with Crippen LogP contribution in [0.2, 0.25) is 0 Å². The summed E-state index contributed by atoms with van der Waals surface area (Å²) >= 11 is 0. The fourth-order valence-electron chi connectivity index (χ4n) is 1.05. The number of likely N-dealkylation sites (N-methyl/N-ethyl adjacent to an activating group) is 1. The summed E-state index contributed by atoms with van der Waals surface area (Å²) in [6.45, 7) is 5.88. The molecule has 1 N–H and O–H groups in total. The predicted octanol–water partition coefficient (Wildman–Crippen LogP) is 0.954. The van der Waals surface area contributed by atoms with Crippen molar-refractivity contribution in [3.8, 4) is 0 Å². The van der Waals surface area contributed by atoms with Crippen LogP contribution in [0, 0.1) is 0 Å². The van der Waals surface area contributed by atoms with Crippen molar-refractivity contribution in [3.63, 3.8) is 0 Å². The molecule has 0 aromatic carbocycles. The summed E-state index contributed by atoms with van der Waals surface area (Å²) in [7, 11) is 1.39. The van der Waals surface area contributed by atoms with Crippen molar-refractivity contribution in [1.29, 1.82) is 0 Å². The third-order valence-corrected chi connectivity index (χ3v) is 1.86. The Morgan fingerprint density at radius 1 is 1.43 bits per heavy atom. The summed E-state index contributed by atoms with van der Waals surface area (Å²) in [6, 6.07) is -0.332. The Morgan fingerprint density at radius 2 is 2.14 bits per heavy atom. The van der Waals surface area contributed by atoms with Crippen LogP contribution >= 0.6 is 0 Å². The summed E-state index contributed by atoms with van der Waals surface area (Å²) in [4.78, 5) is 11.2. The van der Waals surface area contributed by atoms with Crippen molar-refractivity contribution in [2.75, 3.05) is 26.9 Å². The van der Waals surface area contributed by atoms with Crippen LogP contribution in [0.3, 0.4) is 0 Å². The number of methoxy groups -OCH3 is 1. The van der Waals surface area contributed by atoms with Crippen molar-refractivity contribution in [2.45, 2.75) is 32.7 Å². The second kappa shape index (κ2) is 8.97. The van der Waals surface area contributed by atoms with E-state index >= 15 is 0 Å². The van der Waals surface area contributed by atoms with Crippen LogP contribution in [0.15, 0.2) is 0 Å². The van der Waals surface area contributed by atoms with Crippen LogP contribution in [0.5, 0.6) is 0 Å². The summed E-state index contributed by atoms with van der Waals surface area (Å²) in [5, 5.41) is 3.01. The molecule has 0 heterocycles. The van der Waals surface area contributed by atoms with E-state index in [-0.39, 0.29) is 12.0 Å². The van der Waals surface area contributed by atoms with Gasteiger partial charge < -0.3 is 14.8 Å². The molecule has 1 unspecified atom stereocenters. The number of carbonyl (C=O) groups excluding carboxylic acids is 1. The van der Waals surface area contributed by atoms with Gasteiger partial charge in [-0.1, -0.05) is 20.3 Å². The third kappa shape index (κ3) is 5.94. The van der Waals surface area contributed by atoms with E-state index in [2.05, 4.69) is 17.0 Å². The number of carbonyl (C=O) groups is 1. The molecule has 14 heavy (non-hydrogen) atoms. The molecule has 0 saturated carbocycles. The molecule has 0 saturated heterocycles. The average Bonchev–Trinajstić information content (AvgIpc) is 2.21. The second-order valence-electron chi connectivity index (χ2n) is 3.06. The van der Waals surface area contributed by atoms with Gasteiger partial charge in [-0.15, -0.1) is 0 Å². The molecule has 0 spiro atoms. The average molecular weight is 203 g/mol. The molecule has 0 radical (unpaired) electrons. The zero-order valence-corrected chi connectivity index (χ0v) is 9.34. The maximum Gasteiger partial charge on any atom is 0.325 e. The Morgan fingerprint density at radius 3 is 2.64 bits per heavy atom. The number of hydrogen-bond acceptors (Lipinski definition) is 4. The Kier molecular flexibility index (Phi) is 8.57. The number of nitrogens with one attached hydrogen (secondary N) is 1. The largest absolute Gasteiger partial charge is 0.468 e. The van der Waals surface area contributed by atoms with E-state index in [9.17, 15) is 4.79 Å². The zero-order chi connectivity index (χ0) is 10.8. The van der Waals surface area contributed by atoms with Crippen LogP contribution < -0.4 is 5.32 Å². The Labute approximate surface area is 86.0 Å². The number of esters is 1. The van der Waals surface area contributed by atoms with E-state index in [1.165, 1.54) is 7.11 Å². The fraction of sp³-hybridized carbons (Fsp3) is 0.900. The molecule has 0 aromatic heterocycles. The quantitative estimate of drug-likeness (QED) is 0.471. The maximum absolute atomic E-state index is 11.2. The number of hydrogen-bond donors (Lipinski definition) is 1. The minimum Gasteiger partial charge on any atom is -0.468 e. The highest BCUT2D eigenvalue weighted by Crippen LogP contribution is 1.93. The molecule has 84 valence electrons. The first-order valence-electron chi connectivity index (χ1n) is 5.15. The van der Waals surface area contributed by atoms with Crippen LogP contribution in [-0.2, 0) is 14.3 Å². The van der Waals surface area contributed by atoms with Gasteiger partial charge in [-0.3, -0.25) is 4.79 Å². The van der Waals surface area contributed by atoms with Crippen LogP contribution in [0.4, 0.5) is 0 Å². The summed E-state index contributed by atoms with van der Waals surface area (Å²) < 4.78 is 9.99. The normalized spacial score (nSPS) is 12.5. The third-order valence-electron chi connectivity index (χ3n) is 1.86. The van der Waals surface area contributed by atoms with Crippen LogP contribution in [0.25, 0.3) is 0 Å². The lowest BCUT2D eigenvalue weighted by Gasteiger charge is -2.15. The van der Waals surface area contributed by atoms with Crippen molar-refractivity contribution >= 4 is 5.97 Å². The lowest BCUT2D eigenvalue weighted by Crippen LogP contribution is -2.41. The molecule has 0 rings (SSSR count). The lowest BCUT2D eigenvalue weighted by atomic mass is 10.3. The Bertz CT molecular complexity index is 150. The van der Waals surface area contributed by atoms with E-state index in [0.717, 1.165) is 19.4 Å². The van der Waals surface area contributed by atoms with Gasteiger partial charge in [0.1, 0.15) is 6.04 Å². The minimum absolute atomic E-state index is 0.261. The second-order valence-corrected chi connectivity index (χ2v) is 3.06. The molecular weight excluding hydrogens is 182 g/mol. The van der Waals surface area contributed by atoms with Gasteiger partial charge in [0.2, 0.25) is 0 Å². The van der Waals surface area contributed by atoms with Crippen molar-refractivity contribution < 1.29 is 14.3 Å². The standard InChI is InChI=1S/C10H21NO3/c1-4-6-7-14-8-9(11-5-2)10(12)13-3/h9,11H,4-8H2,1-3H3. The molecule has 0 fully saturated rings. The van der Waals surface area contributed by atoms with Gasteiger partial charge >= 0.3 is 5.97 Å². The molecule has 4 heteroatoms. The number of unbranched alkanes of at least 4 members (excludes halogenated alkanes) is 1. The van der Waals surface area contributed by atoms with Gasteiger partial charge in [-0.25, -0.2) is 0 Å². The van der Waals surface area contributed by atoms with E-state index in [0.29, 0.717) is 13.2 Å². The SMILES string of the molecule is CCCCOCC(NCC)C(=O)OC. The van der Waals surface area contributed by atoms with E-state index < -0.39 is 0 Å². The lowest BCUT2D eigenvalue weighted by molar-refractivity contribution is -0.144. The molecular formula is C10H21NO3. The van der Waals surface area contributed by atoms with E-state index in [1.54, 1.807) is 0 Å². The number of ether oxygens (including phenoxy) is 2. The molecule has 0 aliphatic rings. The first kappa shape index (κ1) is 13.4. The van der Waals surface area contributed by atoms with Crippen molar-refractivity contribution in [1.82, 2.24) is 5.32 Å². The van der Waals surface area contributed by atoms with Crippen molar-refractivity contribution in [3.05, 3.63) is 0 Å². The van der Waals surface area contributed by atoms with E-state index in [1.807, 2.05) is 6.92 Å². The molecule has 4 nitrogen and oxygen atoms in total. The Balaban J connectivity index is 3.67. The smallest absolute Gasteiger partial charge is 0.325 e. The highest BCUT2D eigenvalue weighted by molar-refractivity contribution is 5.75. The van der Waals surface area contributed by atoms with Gasteiger partial charge in [-0.2, -0.15) is 0 Å². The molecule has 0 amide bonds. The molecule has 0 aliphatic carbocycles. The van der Waals surface area contributed by atoms with E-state index in [4.69, 9.17) is 4.74 Å². The maximum atomic E-state index is 11.2. The zero-order valence-electron chi connectivity index (χ0n) is 9.34. The first-order chi connectivity index (χ1) is 6.76. The van der Waals surface area contributed by atoms with Crippen molar-refractivity contribution in [2.24, 2.45) is 0 Å². The van der Waals surface area contributed by atoms with Gasteiger partial charge in [-0.05, 0) is 13.0 Å². The van der Waals surface area contributed by atoms with Crippen LogP contribution in [-0.4, -0.2) is 38.9 Å². The monoisotopic (exact) mass is 203 g/mol. The topological polar surface area (TPSA) is 47.6 Å². The van der Waals surface area contributed by atoms with Gasteiger partial charge in [0.05, 0.1) is 13.7 Å².